The highest BCUT2D eigenvalue weighted by molar-refractivity contribution is 5.13. The largest absolute Gasteiger partial charge is 0.396 e. The molecule has 1 aliphatic rings. The van der Waals surface area contributed by atoms with Gasteiger partial charge in [0.1, 0.15) is 6.10 Å². The van der Waals surface area contributed by atoms with E-state index in [9.17, 15) is 10.2 Å². The molecular weight excluding hydrogens is 184 g/mol. The summed E-state index contributed by atoms with van der Waals surface area (Å²) >= 11 is 0. The molecule has 0 heterocycles. The van der Waals surface area contributed by atoms with Crippen molar-refractivity contribution in [1.29, 1.82) is 0 Å². The van der Waals surface area contributed by atoms with E-state index < -0.39 is 11.9 Å². The Morgan fingerprint density at radius 1 is 1.50 bits per heavy atom. The molecule has 1 aliphatic carbocycles. The van der Waals surface area contributed by atoms with Crippen molar-refractivity contribution < 1.29 is 19.7 Å². The minimum Gasteiger partial charge on any atom is -0.396 e. The Morgan fingerprint density at radius 2 is 2.07 bits per heavy atom. The molecule has 4 nitrogen and oxygen atoms in total. The van der Waals surface area contributed by atoms with Gasteiger partial charge in [0.25, 0.3) is 0 Å². The van der Waals surface area contributed by atoms with Gasteiger partial charge in [0.05, 0.1) is 12.5 Å². The Bertz CT molecular complexity index is 210. The maximum absolute atomic E-state index is 9.84. The van der Waals surface area contributed by atoms with Crippen LogP contribution in [-0.4, -0.2) is 42.9 Å². The molecule has 0 saturated heterocycles. The highest BCUT2D eigenvalue weighted by Gasteiger charge is 2.49. The van der Waals surface area contributed by atoms with Gasteiger partial charge in [-0.1, -0.05) is 12.2 Å². The van der Waals surface area contributed by atoms with Crippen molar-refractivity contribution in [1.82, 2.24) is 0 Å². The van der Waals surface area contributed by atoms with E-state index >= 15 is 0 Å². The lowest BCUT2D eigenvalue weighted by atomic mass is 9.78. The molecule has 0 unspecified atom stereocenters. The Kier molecular flexibility index (Phi) is 3.66. The predicted molar refractivity (Wildman–Crippen MR) is 51.7 cm³/mol. The van der Waals surface area contributed by atoms with Gasteiger partial charge in [0, 0.05) is 14.2 Å². The van der Waals surface area contributed by atoms with E-state index in [2.05, 4.69) is 6.58 Å². The predicted octanol–water partition coefficient (Wildman–Crippen LogP) is 0.295. The summed E-state index contributed by atoms with van der Waals surface area (Å²) in [5, 5.41) is 19.1. The monoisotopic (exact) mass is 202 g/mol. The topological polar surface area (TPSA) is 58.9 Å². The van der Waals surface area contributed by atoms with Crippen molar-refractivity contribution in [3.05, 3.63) is 12.2 Å². The number of rotatable bonds is 3. The summed E-state index contributed by atoms with van der Waals surface area (Å²) in [7, 11) is 2.93. The fraction of sp³-hybridized carbons (Fsp3) is 0.800. The summed E-state index contributed by atoms with van der Waals surface area (Å²) in [6.07, 6.45) is 0.526. The second kappa shape index (κ2) is 4.40. The molecular formula is C10H18O4. The van der Waals surface area contributed by atoms with Crippen LogP contribution in [0.5, 0.6) is 0 Å². The number of aliphatic hydroxyl groups excluding tert-OH is 2. The van der Waals surface area contributed by atoms with Gasteiger partial charge < -0.3 is 19.7 Å². The Labute approximate surface area is 84.1 Å². The molecule has 2 atom stereocenters. The van der Waals surface area contributed by atoms with E-state index in [1.807, 2.05) is 0 Å². The lowest BCUT2D eigenvalue weighted by Gasteiger charge is -2.45. The molecule has 0 aromatic heterocycles. The van der Waals surface area contributed by atoms with Crippen molar-refractivity contribution in [3.63, 3.8) is 0 Å². The van der Waals surface area contributed by atoms with Crippen LogP contribution >= 0.6 is 0 Å². The van der Waals surface area contributed by atoms with E-state index in [0.29, 0.717) is 12.8 Å². The number of hydrogen-bond acceptors (Lipinski definition) is 4. The molecule has 4 heteroatoms. The highest BCUT2D eigenvalue weighted by Crippen LogP contribution is 2.39. The fourth-order valence-corrected chi connectivity index (χ4v) is 2.11. The van der Waals surface area contributed by atoms with Crippen LogP contribution in [0, 0.1) is 5.92 Å². The van der Waals surface area contributed by atoms with Gasteiger partial charge in [-0.25, -0.2) is 0 Å². The van der Waals surface area contributed by atoms with E-state index in [0.717, 1.165) is 5.57 Å². The van der Waals surface area contributed by atoms with Crippen LogP contribution in [0.2, 0.25) is 0 Å². The molecule has 1 saturated carbocycles. The van der Waals surface area contributed by atoms with E-state index in [1.54, 1.807) is 0 Å². The third kappa shape index (κ3) is 1.59. The third-order valence-electron chi connectivity index (χ3n) is 3.00. The first-order chi connectivity index (χ1) is 6.62. The van der Waals surface area contributed by atoms with Gasteiger partial charge >= 0.3 is 0 Å². The van der Waals surface area contributed by atoms with Crippen molar-refractivity contribution in [2.45, 2.75) is 24.7 Å². The standard InChI is InChI=1S/C10H18O4/c1-7-4-5-9(12)10(13-2,14-3)8(7)6-11/h8-9,11-12H,1,4-6H2,2-3H3/t8-,9-/m1/s1. The van der Waals surface area contributed by atoms with Crippen LogP contribution in [0.3, 0.4) is 0 Å². The average molecular weight is 202 g/mol. The van der Waals surface area contributed by atoms with Crippen molar-refractivity contribution in [2.24, 2.45) is 5.92 Å². The van der Waals surface area contributed by atoms with Crippen LogP contribution in [0.1, 0.15) is 12.8 Å². The summed E-state index contributed by atoms with van der Waals surface area (Å²) in [5.41, 5.74) is 0.862. The van der Waals surface area contributed by atoms with Gasteiger partial charge in [-0.15, -0.1) is 0 Å². The average Bonchev–Trinajstić information content (AvgIpc) is 2.21. The zero-order chi connectivity index (χ0) is 10.8. The maximum Gasteiger partial charge on any atom is 0.202 e. The minimum absolute atomic E-state index is 0.127. The van der Waals surface area contributed by atoms with Gasteiger partial charge in [-0.2, -0.15) is 0 Å². The van der Waals surface area contributed by atoms with Crippen LogP contribution in [0.15, 0.2) is 12.2 Å². The molecule has 0 amide bonds. The number of hydrogen-bond donors (Lipinski definition) is 2. The summed E-state index contributed by atoms with van der Waals surface area (Å²) in [4.78, 5) is 0. The van der Waals surface area contributed by atoms with Crippen LogP contribution in [0.25, 0.3) is 0 Å². The molecule has 0 aromatic rings. The zero-order valence-electron chi connectivity index (χ0n) is 8.69. The highest BCUT2D eigenvalue weighted by atomic mass is 16.7. The van der Waals surface area contributed by atoms with Gasteiger partial charge in [-0.05, 0) is 12.8 Å². The fourth-order valence-electron chi connectivity index (χ4n) is 2.11. The number of ether oxygens (including phenoxy) is 2. The van der Waals surface area contributed by atoms with Crippen LogP contribution < -0.4 is 0 Å². The lowest BCUT2D eigenvalue weighted by Crippen LogP contribution is -2.56. The molecule has 0 radical (unpaired) electrons. The summed E-state index contributed by atoms with van der Waals surface area (Å²) in [6.45, 7) is 3.73. The lowest BCUT2D eigenvalue weighted by molar-refractivity contribution is -0.293. The normalized spacial score (nSPS) is 31.9. The van der Waals surface area contributed by atoms with Crippen LogP contribution in [0.4, 0.5) is 0 Å². The third-order valence-corrected chi connectivity index (χ3v) is 3.00. The molecule has 0 spiro atoms. The first-order valence-electron chi connectivity index (χ1n) is 4.69. The second-order valence-corrected chi connectivity index (χ2v) is 3.58. The van der Waals surface area contributed by atoms with Gasteiger partial charge in [0.2, 0.25) is 5.79 Å². The molecule has 1 fully saturated rings. The molecule has 0 aliphatic heterocycles. The molecule has 1 rings (SSSR count). The summed E-state index contributed by atoms with van der Waals surface area (Å²) in [5.74, 6) is -1.49. The van der Waals surface area contributed by atoms with Crippen molar-refractivity contribution in [2.75, 3.05) is 20.8 Å². The van der Waals surface area contributed by atoms with E-state index in [-0.39, 0.29) is 12.5 Å². The number of aliphatic hydroxyl groups is 2. The molecule has 0 aromatic carbocycles. The second-order valence-electron chi connectivity index (χ2n) is 3.58. The Hall–Kier alpha value is -0.420. The molecule has 14 heavy (non-hydrogen) atoms. The molecule has 2 N–H and O–H groups in total. The first-order valence-corrected chi connectivity index (χ1v) is 4.69. The smallest absolute Gasteiger partial charge is 0.202 e. The SMILES string of the molecule is C=C1CC[C@@H](O)C(OC)(OC)[C@@H]1CO. The van der Waals surface area contributed by atoms with E-state index in [1.165, 1.54) is 14.2 Å². The molecule has 82 valence electrons. The van der Waals surface area contributed by atoms with Gasteiger partial charge in [0.15, 0.2) is 0 Å². The van der Waals surface area contributed by atoms with Crippen LogP contribution in [-0.2, 0) is 9.47 Å². The van der Waals surface area contributed by atoms with E-state index in [4.69, 9.17) is 9.47 Å². The zero-order valence-corrected chi connectivity index (χ0v) is 8.69. The summed E-state index contributed by atoms with van der Waals surface area (Å²) in [6, 6.07) is 0. The van der Waals surface area contributed by atoms with Crippen molar-refractivity contribution in [3.8, 4) is 0 Å². The van der Waals surface area contributed by atoms with Gasteiger partial charge in [-0.3, -0.25) is 0 Å². The van der Waals surface area contributed by atoms with Crippen molar-refractivity contribution >= 4 is 0 Å². The molecule has 0 bridgehead atoms. The minimum atomic E-state index is -1.13. The first kappa shape index (κ1) is 11.7. The summed E-state index contributed by atoms with van der Waals surface area (Å²) < 4.78 is 10.4. The quantitative estimate of drug-likeness (QED) is 0.510. The Balaban J connectivity index is 2.98. The number of methoxy groups -OCH3 is 2. The maximum atomic E-state index is 9.84. The Morgan fingerprint density at radius 3 is 2.43 bits per heavy atom.